The van der Waals surface area contributed by atoms with Gasteiger partial charge in [-0.25, -0.2) is 4.79 Å². The summed E-state index contributed by atoms with van der Waals surface area (Å²) in [6.45, 7) is 2.75. The number of Topliss-reactive ketones (excluding diaryl/α,β-unsaturated/α-hetero) is 1. The molecule has 1 N–H and O–H groups in total. The number of morpholine rings is 1. The summed E-state index contributed by atoms with van der Waals surface area (Å²) in [5, 5.41) is 3.06. The molecule has 8 heteroatoms. The fourth-order valence-corrected chi connectivity index (χ4v) is 5.31. The molecule has 2 amide bonds. The second-order valence-corrected chi connectivity index (χ2v) is 8.52. The third-order valence-corrected chi connectivity index (χ3v) is 6.75. The van der Waals surface area contributed by atoms with Gasteiger partial charge in [-0.1, -0.05) is 25.7 Å². The summed E-state index contributed by atoms with van der Waals surface area (Å²) >= 11 is 0. The molecular weight excluding hydrogens is 362 g/mol. The van der Waals surface area contributed by atoms with E-state index in [1.165, 1.54) is 0 Å². The van der Waals surface area contributed by atoms with Crippen LogP contribution in [0.15, 0.2) is 0 Å². The molecule has 4 aliphatic rings. The minimum Gasteiger partial charge on any atom is -0.378 e. The highest BCUT2D eigenvalue weighted by atomic mass is 16.5. The van der Waals surface area contributed by atoms with Crippen LogP contribution in [-0.2, 0) is 19.1 Å². The number of fused-ring (bicyclic) bond motifs is 1. The first-order valence-electron chi connectivity index (χ1n) is 10.7. The Morgan fingerprint density at radius 1 is 1.14 bits per heavy atom. The highest BCUT2D eigenvalue weighted by Crippen LogP contribution is 2.37. The van der Waals surface area contributed by atoms with Crippen molar-refractivity contribution >= 4 is 18.1 Å². The van der Waals surface area contributed by atoms with Crippen molar-refractivity contribution in [1.29, 1.82) is 0 Å². The maximum absolute atomic E-state index is 13.0. The molecule has 28 heavy (non-hydrogen) atoms. The van der Waals surface area contributed by atoms with Gasteiger partial charge in [0.15, 0.2) is 17.7 Å². The van der Waals surface area contributed by atoms with Gasteiger partial charge in [0.05, 0.1) is 25.4 Å². The lowest BCUT2D eigenvalue weighted by Crippen LogP contribution is -2.70. The molecule has 4 fully saturated rings. The first-order valence-corrected chi connectivity index (χ1v) is 10.7. The summed E-state index contributed by atoms with van der Waals surface area (Å²) < 4.78 is 11.0. The predicted octanol–water partition coefficient (Wildman–Crippen LogP) is 0.936. The van der Waals surface area contributed by atoms with Crippen LogP contribution < -0.4 is 5.32 Å². The van der Waals surface area contributed by atoms with E-state index in [1.54, 1.807) is 4.90 Å². The molecule has 3 unspecified atom stereocenters. The summed E-state index contributed by atoms with van der Waals surface area (Å²) in [4.78, 5) is 41.8. The Labute approximate surface area is 165 Å². The molecule has 3 aliphatic heterocycles. The van der Waals surface area contributed by atoms with Crippen molar-refractivity contribution in [3.63, 3.8) is 0 Å². The quantitative estimate of drug-likeness (QED) is 0.700. The SMILES string of the molecule is O=CC(CC1CCCC1)(NC(=O)N1CCOCC1)N1CCCC2OCC(=O)C21. The molecule has 0 aromatic carbocycles. The lowest BCUT2D eigenvalue weighted by molar-refractivity contribution is -0.134. The van der Waals surface area contributed by atoms with E-state index in [4.69, 9.17) is 9.47 Å². The van der Waals surface area contributed by atoms with Gasteiger partial charge in [0.25, 0.3) is 0 Å². The summed E-state index contributed by atoms with van der Waals surface area (Å²) in [6.07, 6.45) is 7.37. The van der Waals surface area contributed by atoms with E-state index in [1.807, 2.05) is 4.90 Å². The first-order chi connectivity index (χ1) is 13.6. The minimum atomic E-state index is -1.16. The van der Waals surface area contributed by atoms with Crippen LogP contribution >= 0.6 is 0 Å². The lowest BCUT2D eigenvalue weighted by Gasteiger charge is -2.48. The molecule has 1 saturated carbocycles. The number of amides is 2. The zero-order valence-electron chi connectivity index (χ0n) is 16.4. The van der Waals surface area contributed by atoms with Crippen molar-refractivity contribution in [2.45, 2.75) is 62.8 Å². The Bertz CT molecular complexity index is 603. The van der Waals surface area contributed by atoms with Crippen LogP contribution in [0.2, 0.25) is 0 Å². The van der Waals surface area contributed by atoms with Crippen molar-refractivity contribution in [2.75, 3.05) is 39.5 Å². The second-order valence-electron chi connectivity index (χ2n) is 8.52. The van der Waals surface area contributed by atoms with Gasteiger partial charge in [0, 0.05) is 19.6 Å². The van der Waals surface area contributed by atoms with Crippen LogP contribution in [-0.4, -0.2) is 85.2 Å². The van der Waals surface area contributed by atoms with Crippen molar-refractivity contribution < 1.29 is 23.9 Å². The molecular formula is C20H31N3O5. The second kappa shape index (κ2) is 8.47. The standard InChI is InChI=1S/C20H31N3O5/c24-14-20(12-15-4-1-2-5-15,21-19(26)22-8-10-27-11-9-22)23-7-3-6-17-18(23)16(25)13-28-17/h14-15,17-18H,1-13H2,(H,21,26). The molecule has 4 rings (SSSR count). The van der Waals surface area contributed by atoms with Gasteiger partial charge in [-0.2, -0.15) is 0 Å². The number of likely N-dealkylation sites (tertiary alicyclic amines) is 1. The van der Waals surface area contributed by atoms with Crippen molar-refractivity contribution in [3.8, 4) is 0 Å². The van der Waals surface area contributed by atoms with Gasteiger partial charge >= 0.3 is 6.03 Å². The van der Waals surface area contributed by atoms with Crippen molar-refractivity contribution in [1.82, 2.24) is 15.1 Å². The highest BCUT2D eigenvalue weighted by Gasteiger charge is 2.52. The number of hydrogen-bond donors (Lipinski definition) is 1. The van der Waals surface area contributed by atoms with Crippen LogP contribution in [0.5, 0.6) is 0 Å². The lowest BCUT2D eigenvalue weighted by atomic mass is 9.87. The normalized spacial score (nSPS) is 31.4. The summed E-state index contributed by atoms with van der Waals surface area (Å²) in [5.41, 5.74) is -1.16. The molecule has 3 saturated heterocycles. The Hall–Kier alpha value is -1.51. The van der Waals surface area contributed by atoms with Gasteiger partial charge in [0.1, 0.15) is 6.61 Å². The number of urea groups is 1. The van der Waals surface area contributed by atoms with Gasteiger partial charge in [-0.15, -0.1) is 0 Å². The molecule has 1 aliphatic carbocycles. The number of aldehydes is 1. The zero-order chi connectivity index (χ0) is 19.6. The molecule has 3 heterocycles. The third-order valence-electron chi connectivity index (χ3n) is 6.75. The van der Waals surface area contributed by atoms with E-state index in [9.17, 15) is 14.4 Å². The molecule has 0 spiro atoms. The minimum absolute atomic E-state index is 0.0166. The molecule has 3 atom stereocenters. The topological polar surface area (TPSA) is 88.2 Å². The number of ether oxygens (including phenoxy) is 2. The van der Waals surface area contributed by atoms with E-state index in [-0.39, 0.29) is 24.5 Å². The average Bonchev–Trinajstić information content (AvgIpc) is 3.38. The monoisotopic (exact) mass is 393 g/mol. The Balaban J connectivity index is 1.60. The Morgan fingerprint density at radius 3 is 2.61 bits per heavy atom. The summed E-state index contributed by atoms with van der Waals surface area (Å²) in [6, 6.07) is -0.688. The highest BCUT2D eigenvalue weighted by molar-refractivity contribution is 5.89. The maximum Gasteiger partial charge on any atom is 0.319 e. The number of carbonyl (C=O) groups is 3. The van der Waals surface area contributed by atoms with Crippen LogP contribution in [0, 0.1) is 5.92 Å². The van der Waals surface area contributed by atoms with E-state index >= 15 is 0 Å². The number of rotatable bonds is 5. The Morgan fingerprint density at radius 2 is 1.89 bits per heavy atom. The molecule has 156 valence electrons. The number of carbonyl (C=O) groups excluding carboxylic acids is 3. The molecule has 0 aromatic heterocycles. The number of nitrogens with one attached hydrogen (secondary N) is 1. The van der Waals surface area contributed by atoms with Gasteiger partial charge < -0.3 is 19.7 Å². The van der Waals surface area contributed by atoms with Gasteiger partial charge in [0.2, 0.25) is 0 Å². The van der Waals surface area contributed by atoms with Gasteiger partial charge in [-0.05, 0) is 25.2 Å². The van der Waals surface area contributed by atoms with E-state index in [0.29, 0.717) is 45.2 Å². The van der Waals surface area contributed by atoms with Crippen molar-refractivity contribution in [2.24, 2.45) is 5.92 Å². The van der Waals surface area contributed by atoms with Crippen LogP contribution in [0.3, 0.4) is 0 Å². The fraction of sp³-hybridized carbons (Fsp3) is 0.850. The fourth-order valence-electron chi connectivity index (χ4n) is 5.31. The summed E-state index contributed by atoms with van der Waals surface area (Å²) in [5.74, 6) is 0.399. The number of ketones is 1. The van der Waals surface area contributed by atoms with Crippen molar-refractivity contribution in [3.05, 3.63) is 0 Å². The average molecular weight is 393 g/mol. The smallest absolute Gasteiger partial charge is 0.319 e. The Kier molecular flexibility index (Phi) is 5.99. The largest absolute Gasteiger partial charge is 0.378 e. The molecule has 0 bridgehead atoms. The van der Waals surface area contributed by atoms with E-state index < -0.39 is 11.7 Å². The number of hydrogen-bond acceptors (Lipinski definition) is 6. The molecule has 0 radical (unpaired) electrons. The van der Waals surface area contributed by atoms with Crippen LogP contribution in [0.4, 0.5) is 4.79 Å². The van der Waals surface area contributed by atoms with E-state index in [2.05, 4.69) is 5.32 Å². The van der Waals surface area contributed by atoms with Gasteiger partial charge in [-0.3, -0.25) is 14.5 Å². The maximum atomic E-state index is 13.0. The van der Waals surface area contributed by atoms with Crippen LogP contribution in [0.1, 0.15) is 44.9 Å². The first kappa shape index (κ1) is 19.8. The predicted molar refractivity (Wildman–Crippen MR) is 101 cm³/mol. The molecule has 8 nitrogen and oxygen atoms in total. The van der Waals surface area contributed by atoms with E-state index in [0.717, 1.165) is 44.8 Å². The number of piperidine rings is 1. The summed E-state index contributed by atoms with van der Waals surface area (Å²) in [7, 11) is 0. The molecule has 0 aromatic rings. The zero-order valence-corrected chi connectivity index (χ0v) is 16.4. The number of nitrogens with zero attached hydrogens (tertiary/aromatic N) is 2. The third kappa shape index (κ3) is 3.82. The van der Waals surface area contributed by atoms with Crippen LogP contribution in [0.25, 0.3) is 0 Å².